The van der Waals surface area contributed by atoms with Crippen LogP contribution in [0.2, 0.25) is 0 Å². The lowest BCUT2D eigenvalue weighted by Gasteiger charge is -2.34. The van der Waals surface area contributed by atoms with Crippen LogP contribution in [0.25, 0.3) is 0 Å². The van der Waals surface area contributed by atoms with E-state index >= 15 is 0 Å². The van der Waals surface area contributed by atoms with Gasteiger partial charge in [0.25, 0.3) is 11.5 Å². The molecule has 7 heteroatoms. The lowest BCUT2D eigenvalue weighted by atomic mass is 9.91. The fourth-order valence-corrected chi connectivity index (χ4v) is 2.48. The Labute approximate surface area is 119 Å². The zero-order chi connectivity index (χ0) is 13.9. The summed E-state index contributed by atoms with van der Waals surface area (Å²) in [6, 6.07) is 1.57. The first-order valence-electron chi connectivity index (χ1n) is 6.03. The number of carbonyl (C=O) groups is 1. The quantitative estimate of drug-likeness (QED) is 0.767. The summed E-state index contributed by atoms with van der Waals surface area (Å²) in [5, 5.41) is 5.82. The minimum absolute atomic E-state index is 0.217. The largest absolute Gasteiger partial charge is 0.368 e. The van der Waals surface area contributed by atoms with Crippen LogP contribution in [0.1, 0.15) is 12.8 Å². The molecule has 1 aliphatic heterocycles. The van der Waals surface area contributed by atoms with Crippen LogP contribution in [0.3, 0.4) is 0 Å². The molecule has 0 unspecified atom stereocenters. The molecule has 1 aromatic rings. The lowest BCUT2D eigenvalue weighted by molar-refractivity contribution is -0.140. The minimum Gasteiger partial charge on any atom is -0.368 e. The highest BCUT2D eigenvalue weighted by Crippen LogP contribution is 2.24. The summed E-state index contributed by atoms with van der Waals surface area (Å²) >= 11 is 3.25. The molecule has 0 aromatic carbocycles. The number of amides is 1. The first-order valence-corrected chi connectivity index (χ1v) is 6.82. The van der Waals surface area contributed by atoms with Gasteiger partial charge in [0.15, 0.2) is 0 Å². The summed E-state index contributed by atoms with van der Waals surface area (Å²) in [6.45, 7) is 1.44. The summed E-state index contributed by atoms with van der Waals surface area (Å²) in [4.78, 5) is 26.5. The van der Waals surface area contributed by atoms with Crippen LogP contribution in [0.4, 0.5) is 5.69 Å². The maximum absolute atomic E-state index is 12.4. The van der Waals surface area contributed by atoms with Gasteiger partial charge >= 0.3 is 0 Å². The van der Waals surface area contributed by atoms with Crippen molar-refractivity contribution in [2.24, 2.45) is 0 Å². The maximum atomic E-state index is 12.4. The third-order valence-corrected chi connectivity index (χ3v) is 3.79. The Morgan fingerprint density at radius 3 is 2.79 bits per heavy atom. The van der Waals surface area contributed by atoms with Crippen molar-refractivity contribution in [3.63, 3.8) is 0 Å². The maximum Gasteiger partial charge on any atom is 0.271 e. The van der Waals surface area contributed by atoms with Gasteiger partial charge in [0, 0.05) is 17.8 Å². The van der Waals surface area contributed by atoms with Gasteiger partial charge in [-0.3, -0.25) is 9.59 Å². The number of piperidine rings is 1. The molecule has 19 heavy (non-hydrogen) atoms. The van der Waals surface area contributed by atoms with E-state index in [2.05, 4.69) is 31.5 Å². The van der Waals surface area contributed by atoms with Gasteiger partial charge in [-0.2, -0.15) is 0 Å². The molecule has 3 N–H and O–H groups in total. The summed E-state index contributed by atoms with van der Waals surface area (Å²) in [5.74, 6) is -0.278. The zero-order valence-corrected chi connectivity index (χ0v) is 12.2. The Kier molecular flexibility index (Phi) is 4.38. The summed E-state index contributed by atoms with van der Waals surface area (Å²) in [7, 11) is 1.52. The Hall–Kier alpha value is -1.18. The van der Waals surface area contributed by atoms with Crippen LogP contribution < -0.4 is 16.2 Å². The summed E-state index contributed by atoms with van der Waals surface area (Å²) in [5.41, 5.74) is -0.980. The Bertz CT molecular complexity index is 523. The van der Waals surface area contributed by atoms with Gasteiger partial charge in [0.05, 0.1) is 0 Å². The third-order valence-electron chi connectivity index (χ3n) is 3.33. The van der Waals surface area contributed by atoms with Crippen molar-refractivity contribution in [3.05, 3.63) is 27.1 Å². The van der Waals surface area contributed by atoms with Gasteiger partial charge in [-0.05, 0) is 47.9 Å². The first kappa shape index (κ1) is 14.2. The summed E-state index contributed by atoms with van der Waals surface area (Å²) in [6.07, 6.45) is 2.69. The normalized spacial score (nSPS) is 18.0. The van der Waals surface area contributed by atoms with Crippen LogP contribution in [-0.2, 0) is 9.53 Å². The van der Waals surface area contributed by atoms with Gasteiger partial charge in [0.2, 0.25) is 0 Å². The number of hydrogen-bond donors (Lipinski definition) is 3. The van der Waals surface area contributed by atoms with E-state index in [4.69, 9.17) is 4.74 Å². The van der Waals surface area contributed by atoms with Crippen molar-refractivity contribution in [1.82, 2.24) is 10.3 Å². The van der Waals surface area contributed by atoms with Crippen molar-refractivity contribution in [2.45, 2.75) is 18.4 Å². The second kappa shape index (κ2) is 5.85. The number of H-pyrrole nitrogens is 1. The number of aromatic amines is 1. The van der Waals surface area contributed by atoms with Gasteiger partial charge in [-0.15, -0.1) is 0 Å². The van der Waals surface area contributed by atoms with Crippen molar-refractivity contribution in [1.29, 1.82) is 0 Å². The SMILES string of the molecule is COC1(C(=O)Nc2cc(Br)c[nH]c2=O)CCNCC1. The Morgan fingerprint density at radius 1 is 1.47 bits per heavy atom. The highest BCUT2D eigenvalue weighted by molar-refractivity contribution is 9.10. The molecule has 1 aliphatic rings. The molecule has 0 radical (unpaired) electrons. The van der Waals surface area contributed by atoms with Crippen molar-refractivity contribution >= 4 is 27.5 Å². The van der Waals surface area contributed by atoms with Crippen molar-refractivity contribution in [3.8, 4) is 0 Å². The predicted octanol–water partition coefficient (Wildman–Crippen LogP) is 0.844. The van der Waals surface area contributed by atoms with Crippen LogP contribution in [0, 0.1) is 0 Å². The second-order valence-corrected chi connectivity index (χ2v) is 5.38. The average molecular weight is 330 g/mol. The number of ether oxygens (including phenoxy) is 1. The highest BCUT2D eigenvalue weighted by Gasteiger charge is 2.39. The number of pyridine rings is 1. The Morgan fingerprint density at radius 2 is 2.16 bits per heavy atom. The number of methoxy groups -OCH3 is 1. The van der Waals surface area contributed by atoms with Crippen LogP contribution in [0.5, 0.6) is 0 Å². The molecule has 2 heterocycles. The number of anilines is 1. The van der Waals surface area contributed by atoms with Crippen molar-refractivity contribution < 1.29 is 9.53 Å². The molecule has 1 amide bonds. The monoisotopic (exact) mass is 329 g/mol. The molecule has 2 rings (SSSR count). The molecule has 0 bridgehead atoms. The minimum atomic E-state index is -0.861. The van der Waals surface area contributed by atoms with E-state index < -0.39 is 5.60 Å². The molecule has 0 saturated carbocycles. The van der Waals surface area contributed by atoms with Gasteiger partial charge < -0.3 is 20.4 Å². The molecule has 1 fully saturated rings. The van der Waals surface area contributed by atoms with Crippen LogP contribution >= 0.6 is 15.9 Å². The highest BCUT2D eigenvalue weighted by atomic mass is 79.9. The van der Waals surface area contributed by atoms with E-state index in [1.54, 1.807) is 6.07 Å². The molecule has 104 valence electrons. The zero-order valence-electron chi connectivity index (χ0n) is 10.6. The molecule has 0 spiro atoms. The number of aromatic nitrogens is 1. The topological polar surface area (TPSA) is 83.2 Å². The van der Waals surface area contributed by atoms with E-state index in [0.29, 0.717) is 17.3 Å². The standard InChI is InChI=1S/C12H16BrN3O3/c1-19-12(2-4-14-5-3-12)11(18)16-9-6-8(13)7-15-10(9)17/h6-7,14H,2-5H2,1H3,(H,15,17)(H,16,18). The van der Waals surface area contributed by atoms with E-state index in [1.165, 1.54) is 13.3 Å². The molecule has 0 atom stereocenters. The molecular formula is C12H16BrN3O3. The van der Waals surface area contributed by atoms with Gasteiger partial charge in [0.1, 0.15) is 11.3 Å². The fraction of sp³-hybridized carbons (Fsp3) is 0.500. The van der Waals surface area contributed by atoms with Gasteiger partial charge in [-0.25, -0.2) is 0 Å². The number of hydrogen-bond acceptors (Lipinski definition) is 4. The number of nitrogens with one attached hydrogen (secondary N) is 3. The predicted molar refractivity (Wildman–Crippen MR) is 75.2 cm³/mol. The lowest BCUT2D eigenvalue weighted by Crippen LogP contribution is -2.52. The van der Waals surface area contributed by atoms with Gasteiger partial charge in [-0.1, -0.05) is 0 Å². The van der Waals surface area contributed by atoms with Crippen LogP contribution in [0.15, 0.2) is 21.5 Å². The molecule has 0 aliphatic carbocycles. The number of halogens is 1. The average Bonchev–Trinajstić information content (AvgIpc) is 2.43. The fourth-order valence-electron chi connectivity index (χ4n) is 2.14. The van der Waals surface area contributed by atoms with Crippen LogP contribution in [-0.4, -0.2) is 36.7 Å². The third kappa shape index (κ3) is 3.05. The van der Waals surface area contributed by atoms with Crippen molar-refractivity contribution in [2.75, 3.05) is 25.5 Å². The van der Waals surface area contributed by atoms with E-state index in [1.807, 2.05) is 0 Å². The Balaban J connectivity index is 2.19. The van der Waals surface area contributed by atoms with E-state index in [0.717, 1.165) is 13.1 Å². The number of carbonyl (C=O) groups excluding carboxylic acids is 1. The molecule has 6 nitrogen and oxygen atoms in total. The van der Waals surface area contributed by atoms with E-state index in [-0.39, 0.29) is 17.2 Å². The smallest absolute Gasteiger partial charge is 0.271 e. The summed E-state index contributed by atoms with van der Waals surface area (Å²) < 4.78 is 6.10. The first-order chi connectivity index (χ1) is 9.07. The molecule has 1 aromatic heterocycles. The molecular weight excluding hydrogens is 314 g/mol. The second-order valence-electron chi connectivity index (χ2n) is 4.46. The molecule has 1 saturated heterocycles. The number of rotatable bonds is 3. The van der Waals surface area contributed by atoms with E-state index in [9.17, 15) is 9.59 Å².